The Morgan fingerprint density at radius 2 is 2.21 bits per heavy atom. The van der Waals surface area contributed by atoms with Crippen LogP contribution in [0.25, 0.3) is 0 Å². The molecule has 0 aromatic heterocycles. The number of benzene rings is 1. The molecular weight excluding hydrogens is 264 g/mol. The smallest absolute Gasteiger partial charge is 0.243 e. The van der Waals surface area contributed by atoms with E-state index in [0.29, 0.717) is 30.1 Å². The van der Waals surface area contributed by atoms with Crippen LogP contribution in [0.5, 0.6) is 0 Å². The van der Waals surface area contributed by atoms with Gasteiger partial charge < -0.3 is 10.8 Å². The molecule has 106 valence electrons. The summed E-state index contributed by atoms with van der Waals surface area (Å²) in [7, 11) is -3.43. The van der Waals surface area contributed by atoms with Gasteiger partial charge in [-0.3, -0.25) is 0 Å². The van der Waals surface area contributed by atoms with Crippen molar-refractivity contribution < 1.29 is 13.5 Å². The van der Waals surface area contributed by atoms with Gasteiger partial charge in [0, 0.05) is 25.4 Å². The molecule has 0 radical (unpaired) electrons. The van der Waals surface area contributed by atoms with Gasteiger partial charge in [-0.25, -0.2) is 8.42 Å². The number of aliphatic hydroxyl groups is 1. The van der Waals surface area contributed by atoms with Crippen molar-refractivity contribution in [2.45, 2.75) is 24.7 Å². The number of nitrogen functional groups attached to an aromatic ring is 1. The summed E-state index contributed by atoms with van der Waals surface area (Å²) in [5.41, 5.74) is 7.08. The van der Waals surface area contributed by atoms with E-state index in [0.717, 1.165) is 12.0 Å². The van der Waals surface area contributed by atoms with Gasteiger partial charge in [0.15, 0.2) is 0 Å². The first-order valence-corrected chi connectivity index (χ1v) is 7.86. The van der Waals surface area contributed by atoms with Crippen LogP contribution in [0.2, 0.25) is 0 Å². The van der Waals surface area contributed by atoms with E-state index in [9.17, 15) is 8.42 Å². The third-order valence-corrected chi connectivity index (χ3v) is 5.53. The maximum atomic E-state index is 12.5. The van der Waals surface area contributed by atoms with Crippen LogP contribution in [0.4, 0.5) is 5.69 Å². The highest BCUT2D eigenvalue weighted by atomic mass is 32.2. The molecule has 5 nitrogen and oxygen atoms in total. The largest absolute Gasteiger partial charge is 0.399 e. The lowest BCUT2D eigenvalue weighted by Crippen LogP contribution is -2.29. The van der Waals surface area contributed by atoms with Gasteiger partial charge in [0.2, 0.25) is 10.0 Å². The lowest BCUT2D eigenvalue weighted by Gasteiger charge is -2.17. The fourth-order valence-electron chi connectivity index (χ4n) is 2.39. The molecule has 1 aliphatic rings. The fraction of sp³-hybridized carbons (Fsp3) is 0.538. The highest BCUT2D eigenvalue weighted by Gasteiger charge is 2.32. The molecule has 2 rings (SSSR count). The maximum absolute atomic E-state index is 12.5. The molecule has 19 heavy (non-hydrogen) atoms. The zero-order chi connectivity index (χ0) is 14.0. The Hall–Kier alpha value is -1.11. The molecular formula is C13H20N2O3S. The third-order valence-electron chi connectivity index (χ3n) is 3.66. The molecule has 0 bridgehead atoms. The predicted molar refractivity (Wildman–Crippen MR) is 74.2 cm³/mol. The van der Waals surface area contributed by atoms with Gasteiger partial charge in [-0.1, -0.05) is 0 Å². The van der Waals surface area contributed by atoms with Crippen molar-refractivity contribution in [1.29, 1.82) is 0 Å². The van der Waals surface area contributed by atoms with Crippen molar-refractivity contribution in [3.8, 4) is 0 Å². The van der Waals surface area contributed by atoms with Gasteiger partial charge in [-0.05, 0) is 49.4 Å². The first kappa shape index (κ1) is 14.3. The Morgan fingerprint density at radius 3 is 2.84 bits per heavy atom. The molecule has 0 aliphatic carbocycles. The average Bonchev–Trinajstić information content (AvgIpc) is 2.82. The van der Waals surface area contributed by atoms with E-state index in [4.69, 9.17) is 10.8 Å². The summed E-state index contributed by atoms with van der Waals surface area (Å²) in [5.74, 6) is 0.259. The Labute approximate surface area is 114 Å². The van der Waals surface area contributed by atoms with E-state index < -0.39 is 10.0 Å². The highest BCUT2D eigenvalue weighted by molar-refractivity contribution is 7.89. The molecule has 6 heteroatoms. The first-order valence-electron chi connectivity index (χ1n) is 6.42. The summed E-state index contributed by atoms with van der Waals surface area (Å²) in [5, 5.41) is 8.92. The van der Waals surface area contributed by atoms with Crippen LogP contribution >= 0.6 is 0 Å². The number of anilines is 1. The summed E-state index contributed by atoms with van der Waals surface area (Å²) in [6.07, 6.45) is 1.47. The molecule has 3 N–H and O–H groups in total. The van der Waals surface area contributed by atoms with Gasteiger partial charge in [-0.2, -0.15) is 4.31 Å². The van der Waals surface area contributed by atoms with Crippen molar-refractivity contribution >= 4 is 15.7 Å². The van der Waals surface area contributed by atoms with E-state index in [-0.39, 0.29) is 12.5 Å². The zero-order valence-corrected chi connectivity index (χ0v) is 11.9. The monoisotopic (exact) mass is 284 g/mol. The minimum Gasteiger partial charge on any atom is -0.399 e. The number of nitrogens with two attached hydrogens (primary N) is 1. The molecule has 1 saturated heterocycles. The summed E-state index contributed by atoms with van der Waals surface area (Å²) >= 11 is 0. The molecule has 1 unspecified atom stereocenters. The van der Waals surface area contributed by atoms with Crippen LogP contribution in [0.15, 0.2) is 23.1 Å². The van der Waals surface area contributed by atoms with Crippen molar-refractivity contribution in [2.24, 2.45) is 5.92 Å². The minimum atomic E-state index is -3.43. The molecule has 0 saturated carbocycles. The van der Waals surface area contributed by atoms with E-state index in [1.54, 1.807) is 25.1 Å². The fourth-order valence-corrected chi connectivity index (χ4v) is 4.01. The summed E-state index contributed by atoms with van der Waals surface area (Å²) in [6.45, 7) is 2.93. The van der Waals surface area contributed by atoms with Crippen LogP contribution in [0.3, 0.4) is 0 Å². The van der Waals surface area contributed by atoms with E-state index >= 15 is 0 Å². The second-order valence-electron chi connectivity index (χ2n) is 5.05. The number of hydrogen-bond donors (Lipinski definition) is 2. The van der Waals surface area contributed by atoms with Crippen LogP contribution in [0, 0.1) is 12.8 Å². The second-order valence-corrected chi connectivity index (χ2v) is 6.99. The van der Waals surface area contributed by atoms with Crippen molar-refractivity contribution in [3.63, 3.8) is 0 Å². The van der Waals surface area contributed by atoms with Gasteiger partial charge >= 0.3 is 0 Å². The Balaban J connectivity index is 2.21. The second kappa shape index (κ2) is 5.48. The zero-order valence-electron chi connectivity index (χ0n) is 11.0. The predicted octanol–water partition coefficient (Wildman–Crippen LogP) is 0.970. The quantitative estimate of drug-likeness (QED) is 0.807. The summed E-state index contributed by atoms with van der Waals surface area (Å²) < 4.78 is 26.4. The number of hydrogen-bond acceptors (Lipinski definition) is 4. The highest BCUT2D eigenvalue weighted by Crippen LogP contribution is 2.27. The molecule has 1 aromatic rings. The van der Waals surface area contributed by atoms with Crippen molar-refractivity contribution in [2.75, 3.05) is 25.4 Å². The number of aryl methyl sites for hydroxylation is 1. The van der Waals surface area contributed by atoms with Crippen LogP contribution in [0.1, 0.15) is 18.4 Å². The Morgan fingerprint density at radius 1 is 1.47 bits per heavy atom. The van der Waals surface area contributed by atoms with E-state index in [1.165, 1.54) is 4.31 Å². The van der Waals surface area contributed by atoms with Crippen LogP contribution < -0.4 is 5.73 Å². The summed E-state index contributed by atoms with van der Waals surface area (Å²) in [6, 6.07) is 4.80. The third kappa shape index (κ3) is 2.91. The van der Waals surface area contributed by atoms with Crippen LogP contribution in [-0.4, -0.2) is 37.5 Å². The Bertz CT molecular complexity index is 557. The Kier molecular flexibility index (Phi) is 4.13. The number of rotatable bonds is 4. The van der Waals surface area contributed by atoms with Crippen molar-refractivity contribution in [3.05, 3.63) is 23.8 Å². The van der Waals surface area contributed by atoms with Crippen LogP contribution in [-0.2, 0) is 10.0 Å². The van der Waals surface area contributed by atoms with Gasteiger partial charge in [-0.15, -0.1) is 0 Å². The van der Waals surface area contributed by atoms with Gasteiger partial charge in [0.25, 0.3) is 0 Å². The topological polar surface area (TPSA) is 83.6 Å². The number of aliphatic hydroxyl groups excluding tert-OH is 1. The number of sulfonamides is 1. The molecule has 1 heterocycles. The summed E-state index contributed by atoms with van der Waals surface area (Å²) in [4.78, 5) is 0.295. The van der Waals surface area contributed by atoms with Gasteiger partial charge in [0.1, 0.15) is 0 Å². The normalized spacial score (nSPS) is 20.8. The SMILES string of the molecule is Cc1cc(S(=O)(=O)N2CCC(CCO)C2)ccc1N. The van der Waals surface area contributed by atoms with E-state index in [2.05, 4.69) is 0 Å². The lowest BCUT2D eigenvalue weighted by atomic mass is 10.1. The number of nitrogens with zero attached hydrogens (tertiary/aromatic N) is 1. The molecule has 0 amide bonds. The maximum Gasteiger partial charge on any atom is 0.243 e. The average molecular weight is 284 g/mol. The molecule has 1 aromatic carbocycles. The van der Waals surface area contributed by atoms with Crippen molar-refractivity contribution in [1.82, 2.24) is 4.31 Å². The molecule has 1 aliphatic heterocycles. The van der Waals surface area contributed by atoms with E-state index in [1.807, 2.05) is 0 Å². The van der Waals surface area contributed by atoms with Gasteiger partial charge in [0.05, 0.1) is 4.90 Å². The minimum absolute atomic E-state index is 0.111. The molecule has 1 fully saturated rings. The molecule has 0 spiro atoms. The standard InChI is InChI=1S/C13H20N2O3S/c1-10-8-12(2-3-13(10)14)19(17,18)15-6-4-11(9-15)5-7-16/h2-3,8,11,16H,4-7,9,14H2,1H3. The molecule has 1 atom stereocenters. The first-order chi connectivity index (χ1) is 8.95. The lowest BCUT2D eigenvalue weighted by molar-refractivity contribution is 0.259.